The minimum atomic E-state index is 0.795. The summed E-state index contributed by atoms with van der Waals surface area (Å²) in [5, 5.41) is 8.94. The smallest absolute Gasteiger partial charge is 0.198 e. The van der Waals surface area contributed by atoms with Crippen LogP contribution in [-0.4, -0.2) is 7.28 Å². The second kappa shape index (κ2) is 11.4. The first-order valence-electron chi connectivity index (χ1n) is 17.8. The van der Waals surface area contributed by atoms with Gasteiger partial charge >= 0.3 is 0 Å². The molecule has 11 rings (SSSR count). The molecule has 0 saturated carbocycles. The lowest BCUT2D eigenvalue weighted by molar-refractivity contribution is 0.477. The van der Waals surface area contributed by atoms with Crippen molar-refractivity contribution in [1.29, 1.82) is 0 Å². The molecule has 0 aliphatic carbocycles. The van der Waals surface area contributed by atoms with Gasteiger partial charge in [0.05, 0.1) is 11.4 Å². The molecule has 3 heterocycles. The van der Waals surface area contributed by atoms with E-state index in [9.17, 15) is 0 Å². The minimum absolute atomic E-state index is 0.795. The van der Waals surface area contributed by atoms with Crippen LogP contribution in [0.3, 0.4) is 0 Å². The number of nitrogens with zero attached hydrogens (tertiary/aromatic N) is 1. The maximum Gasteiger partial charge on any atom is 0.198 e. The first-order valence-corrected chi connectivity index (χ1v) is 18.6. The Morgan fingerprint density at radius 2 is 1.35 bits per heavy atom. The number of ether oxygens (including phenoxy) is 1. The van der Waals surface area contributed by atoms with E-state index in [1.165, 1.54) is 75.4 Å². The van der Waals surface area contributed by atoms with Crippen molar-refractivity contribution in [2.45, 2.75) is 6.92 Å². The molecule has 0 bridgehead atoms. The van der Waals surface area contributed by atoms with E-state index in [4.69, 9.17) is 4.74 Å². The van der Waals surface area contributed by atoms with Crippen LogP contribution in [0.25, 0.3) is 53.2 Å². The summed E-state index contributed by atoms with van der Waals surface area (Å²) in [6.45, 7) is 2.21. The highest BCUT2D eigenvalue weighted by Crippen LogP contribution is 2.52. The second-order valence-electron chi connectivity index (χ2n) is 13.9. The molecule has 1 N–H and O–H groups in total. The first kappa shape index (κ1) is 29.4. The van der Waals surface area contributed by atoms with E-state index in [-0.39, 0.29) is 0 Å². The average molecular weight is 683 g/mol. The predicted molar refractivity (Wildman–Crippen MR) is 223 cm³/mol. The number of hydrogen-bond acceptors (Lipinski definition) is 4. The lowest BCUT2D eigenvalue weighted by atomic mass is 9.57. The molecule has 0 amide bonds. The number of thiophene rings is 1. The van der Waals surface area contributed by atoms with Gasteiger partial charge in [-0.15, -0.1) is 11.3 Å². The van der Waals surface area contributed by atoms with Crippen molar-refractivity contribution in [2.75, 3.05) is 10.2 Å². The van der Waals surface area contributed by atoms with Gasteiger partial charge in [0.1, 0.15) is 0 Å². The molecule has 3 nitrogen and oxygen atoms in total. The van der Waals surface area contributed by atoms with Crippen molar-refractivity contribution in [3.05, 3.63) is 163 Å². The lowest BCUT2D eigenvalue weighted by Gasteiger charge is -2.39. The summed E-state index contributed by atoms with van der Waals surface area (Å²) in [5.41, 5.74) is 14.2. The van der Waals surface area contributed by atoms with Crippen LogP contribution < -0.4 is 25.9 Å². The second-order valence-corrected chi connectivity index (χ2v) is 14.9. The van der Waals surface area contributed by atoms with Gasteiger partial charge in [-0.25, -0.2) is 0 Å². The van der Waals surface area contributed by atoms with E-state index in [2.05, 4.69) is 175 Å². The van der Waals surface area contributed by atoms with E-state index >= 15 is 0 Å². The largest absolute Gasteiger partial charge is 0.453 e. The molecule has 0 fully saturated rings. The number of fused-ring (bicyclic) bond motifs is 8. The molecule has 52 heavy (non-hydrogen) atoms. The summed E-state index contributed by atoms with van der Waals surface area (Å²) in [5.74, 6) is 1.77. The zero-order valence-electron chi connectivity index (χ0n) is 28.5. The maximum atomic E-state index is 6.52. The molecule has 8 aromatic carbocycles. The highest BCUT2D eigenvalue weighted by molar-refractivity contribution is 7.25. The van der Waals surface area contributed by atoms with Crippen molar-refractivity contribution in [1.82, 2.24) is 0 Å². The Hall–Kier alpha value is -6.30. The SMILES string of the molecule is Cc1ccccc1-c1cc(-c2cc3ccccc3cc2Nc2ccc3sc4ccccc4c3c2)c2c(c1)N1c3ccccc3Oc3cccc(c31)B2. The Balaban J connectivity index is 1.18. The molecule has 2 aliphatic heterocycles. The molecule has 0 saturated heterocycles. The van der Waals surface area contributed by atoms with Gasteiger partial charge in [0.25, 0.3) is 0 Å². The molecule has 0 radical (unpaired) electrons. The Kier molecular flexibility index (Phi) is 6.43. The molecule has 0 unspecified atom stereocenters. The lowest BCUT2D eigenvalue weighted by Crippen LogP contribution is -2.42. The minimum Gasteiger partial charge on any atom is -0.453 e. The van der Waals surface area contributed by atoms with Crippen LogP contribution in [0, 0.1) is 6.92 Å². The van der Waals surface area contributed by atoms with Gasteiger partial charge in [0.15, 0.2) is 18.8 Å². The van der Waals surface area contributed by atoms with Gasteiger partial charge in [-0.05, 0) is 112 Å². The highest BCUT2D eigenvalue weighted by atomic mass is 32.1. The van der Waals surface area contributed by atoms with Crippen LogP contribution in [-0.2, 0) is 0 Å². The number of benzene rings is 8. The van der Waals surface area contributed by atoms with Gasteiger partial charge in [-0.1, -0.05) is 96.5 Å². The van der Waals surface area contributed by atoms with E-state index < -0.39 is 0 Å². The standard InChI is InChI=1S/C47H31BN2OS/c1-28-11-2-5-14-33(28)31-24-37(46-41(26-31)50-40-17-7-8-18-42(40)51-43-19-10-16-38(48-46)47(43)50)35-23-29-12-3-4-13-30(29)25-39(35)49-32-21-22-45-36(27-32)34-15-6-9-20-44(34)52-45/h2-27,48-49H,1H3. The fourth-order valence-electron chi connectivity index (χ4n) is 8.31. The Morgan fingerprint density at radius 1 is 0.577 bits per heavy atom. The zero-order valence-corrected chi connectivity index (χ0v) is 29.3. The third-order valence-electron chi connectivity index (χ3n) is 10.8. The van der Waals surface area contributed by atoms with E-state index in [1.54, 1.807) is 0 Å². The molecular weight excluding hydrogens is 651 g/mol. The van der Waals surface area contributed by atoms with E-state index in [1.807, 2.05) is 11.3 Å². The van der Waals surface area contributed by atoms with Crippen LogP contribution in [0.2, 0.25) is 0 Å². The van der Waals surface area contributed by atoms with Crippen molar-refractivity contribution in [2.24, 2.45) is 0 Å². The predicted octanol–water partition coefficient (Wildman–Crippen LogP) is 11.9. The molecule has 2 aliphatic rings. The van der Waals surface area contributed by atoms with Crippen LogP contribution in [0.5, 0.6) is 11.5 Å². The Bertz CT molecular complexity index is 2930. The number of para-hydroxylation sites is 3. The van der Waals surface area contributed by atoms with E-state index in [0.29, 0.717) is 0 Å². The number of anilines is 5. The van der Waals surface area contributed by atoms with Crippen LogP contribution in [0.1, 0.15) is 5.56 Å². The van der Waals surface area contributed by atoms with Gasteiger partial charge in [-0.2, -0.15) is 0 Å². The topological polar surface area (TPSA) is 24.5 Å². The van der Waals surface area contributed by atoms with Crippen molar-refractivity contribution < 1.29 is 4.74 Å². The third kappa shape index (κ3) is 4.53. The molecule has 5 heteroatoms. The summed E-state index contributed by atoms with van der Waals surface area (Å²) in [6, 6.07) is 57.3. The van der Waals surface area contributed by atoms with Crippen LogP contribution in [0.15, 0.2) is 158 Å². The third-order valence-corrected chi connectivity index (χ3v) is 11.9. The fourth-order valence-corrected chi connectivity index (χ4v) is 9.40. The fraction of sp³-hybridized carbons (Fsp3) is 0.0213. The zero-order chi connectivity index (χ0) is 34.3. The number of hydrogen-bond donors (Lipinski definition) is 1. The van der Waals surface area contributed by atoms with Gasteiger partial charge in [0.2, 0.25) is 0 Å². The summed E-state index contributed by atoms with van der Waals surface area (Å²) >= 11 is 1.85. The van der Waals surface area contributed by atoms with E-state index in [0.717, 1.165) is 41.5 Å². The molecule has 0 atom stereocenters. The van der Waals surface area contributed by atoms with Crippen molar-refractivity contribution in [3.63, 3.8) is 0 Å². The van der Waals surface area contributed by atoms with Gasteiger partial charge < -0.3 is 15.0 Å². The van der Waals surface area contributed by atoms with Gasteiger partial charge in [0, 0.05) is 42.8 Å². The summed E-state index contributed by atoms with van der Waals surface area (Å²) in [6.07, 6.45) is 0. The number of nitrogens with one attached hydrogen (secondary N) is 1. The van der Waals surface area contributed by atoms with Gasteiger partial charge in [-0.3, -0.25) is 0 Å². The highest BCUT2D eigenvalue weighted by Gasteiger charge is 2.35. The number of aryl methyl sites for hydroxylation is 1. The average Bonchev–Trinajstić information content (AvgIpc) is 3.55. The number of rotatable bonds is 4. The van der Waals surface area contributed by atoms with Crippen molar-refractivity contribution in [3.8, 4) is 33.8 Å². The molecule has 9 aromatic rings. The van der Waals surface area contributed by atoms with Crippen molar-refractivity contribution >= 4 is 88.9 Å². The molecule has 1 aromatic heterocycles. The summed E-state index contributed by atoms with van der Waals surface area (Å²) < 4.78 is 9.14. The molecular formula is C47H31BN2OS. The normalized spacial score (nSPS) is 12.6. The Labute approximate surface area is 306 Å². The van der Waals surface area contributed by atoms with Crippen LogP contribution in [0.4, 0.5) is 28.4 Å². The van der Waals surface area contributed by atoms with Crippen LogP contribution >= 0.6 is 11.3 Å². The Morgan fingerprint density at radius 3 is 2.27 bits per heavy atom. The summed E-state index contributed by atoms with van der Waals surface area (Å²) in [4.78, 5) is 2.44. The molecule has 244 valence electrons. The monoisotopic (exact) mass is 682 g/mol. The first-order chi connectivity index (χ1) is 25.7. The quantitative estimate of drug-likeness (QED) is 0.187. The summed E-state index contributed by atoms with van der Waals surface area (Å²) in [7, 11) is 0.795. The maximum absolute atomic E-state index is 6.52. The molecule has 0 spiro atoms.